The topological polar surface area (TPSA) is 125 Å². The van der Waals surface area contributed by atoms with Gasteiger partial charge in [0.2, 0.25) is 12.6 Å². The molecule has 2 aromatic rings. The van der Waals surface area contributed by atoms with E-state index >= 15 is 0 Å². The molecule has 4 heterocycles. The van der Waals surface area contributed by atoms with E-state index < -0.39 is 0 Å². The molecule has 0 saturated carbocycles. The van der Waals surface area contributed by atoms with Gasteiger partial charge in [0.15, 0.2) is 6.20 Å². The standard InChI is InChI=1S/C27H31N7O4/c1-19(17-35)30-25(36)14-20-3-2-4-22(13-20)34-16-23(26-28-7-8-33(26)18-34)31-24-6-5-21(15-29-24)27(37)32-9-11-38-12-10-32/h2-8,13,15-16,19,35H,9-12,14,17-18H2,1H3,(H,29,31)(H,30,36)/q+1/t19-/m1/s1. The molecule has 197 valence electrons. The highest BCUT2D eigenvalue weighted by molar-refractivity contribution is 6.06. The monoisotopic (exact) mass is 517 g/mol. The number of ether oxygens (including phenoxy) is 1. The molecule has 0 spiro atoms. The Labute approximate surface area is 221 Å². The number of carbonyl (C=O) groups excluding carboxylic acids is 2. The number of morpholine rings is 1. The number of amidine groups is 1. The highest BCUT2D eigenvalue weighted by Gasteiger charge is 2.36. The van der Waals surface area contributed by atoms with Crippen LogP contribution in [0.1, 0.15) is 22.8 Å². The van der Waals surface area contributed by atoms with Gasteiger partial charge in [0.25, 0.3) is 5.91 Å². The summed E-state index contributed by atoms with van der Waals surface area (Å²) in [5, 5.41) is 15.3. The van der Waals surface area contributed by atoms with Crippen molar-refractivity contribution >= 4 is 29.2 Å². The Balaban J connectivity index is 1.31. The van der Waals surface area contributed by atoms with E-state index in [2.05, 4.69) is 25.5 Å². The lowest BCUT2D eigenvalue weighted by molar-refractivity contribution is -0.121. The summed E-state index contributed by atoms with van der Waals surface area (Å²) in [5.41, 5.74) is 3.07. The second-order valence-electron chi connectivity index (χ2n) is 9.33. The van der Waals surface area contributed by atoms with Crippen molar-refractivity contribution in [3.8, 4) is 0 Å². The van der Waals surface area contributed by atoms with Crippen LogP contribution in [0.25, 0.3) is 0 Å². The summed E-state index contributed by atoms with van der Waals surface area (Å²) in [4.78, 5) is 39.9. The van der Waals surface area contributed by atoms with E-state index in [1.165, 1.54) is 0 Å². The van der Waals surface area contributed by atoms with Gasteiger partial charge in [-0.2, -0.15) is 4.99 Å². The lowest BCUT2D eigenvalue weighted by Gasteiger charge is -2.27. The first kappa shape index (κ1) is 25.6. The van der Waals surface area contributed by atoms with Gasteiger partial charge in [-0.3, -0.25) is 14.5 Å². The molecule has 11 nitrogen and oxygen atoms in total. The van der Waals surface area contributed by atoms with Gasteiger partial charge < -0.3 is 25.4 Å². The zero-order valence-electron chi connectivity index (χ0n) is 21.2. The van der Waals surface area contributed by atoms with Gasteiger partial charge in [-0.25, -0.2) is 4.98 Å². The van der Waals surface area contributed by atoms with Crippen molar-refractivity contribution in [2.24, 2.45) is 4.99 Å². The molecule has 0 unspecified atom stereocenters. The smallest absolute Gasteiger partial charge is 0.308 e. The Hall–Kier alpha value is -4.06. The Morgan fingerprint density at radius 3 is 2.82 bits per heavy atom. The lowest BCUT2D eigenvalue weighted by Crippen LogP contribution is -2.46. The number of aliphatic hydroxyl groups excluding tert-OH is 1. The number of hydrogen-bond acceptors (Lipinski definition) is 9. The number of benzene rings is 1. The molecule has 1 radical (unpaired) electrons. The largest absolute Gasteiger partial charge is 0.394 e. The molecular formula is C27H31N7O4+. The maximum atomic E-state index is 12.7. The van der Waals surface area contributed by atoms with E-state index in [1.807, 2.05) is 41.6 Å². The first-order valence-corrected chi connectivity index (χ1v) is 12.6. The van der Waals surface area contributed by atoms with Crippen LogP contribution >= 0.6 is 0 Å². The van der Waals surface area contributed by atoms with Crippen molar-refractivity contribution in [3.63, 3.8) is 0 Å². The Bertz CT molecular complexity index is 1270. The molecule has 3 N–H and O–H groups in total. The van der Waals surface area contributed by atoms with E-state index in [0.717, 1.165) is 22.8 Å². The zero-order valence-corrected chi connectivity index (χ0v) is 21.2. The predicted molar refractivity (Wildman–Crippen MR) is 144 cm³/mol. The van der Waals surface area contributed by atoms with Gasteiger partial charge in [-0.15, -0.1) is 0 Å². The summed E-state index contributed by atoms with van der Waals surface area (Å²) >= 11 is 0. The summed E-state index contributed by atoms with van der Waals surface area (Å²) in [6, 6.07) is 11.1. The minimum Gasteiger partial charge on any atom is -0.394 e. The average Bonchev–Trinajstić information content (AvgIpc) is 3.43. The van der Waals surface area contributed by atoms with Crippen LogP contribution in [-0.4, -0.2) is 78.3 Å². The fourth-order valence-electron chi connectivity index (χ4n) is 4.41. The molecule has 1 aromatic heterocycles. The fourth-order valence-corrected chi connectivity index (χ4v) is 4.41. The number of hydrogen-bond donors (Lipinski definition) is 3. The van der Waals surface area contributed by atoms with Crippen LogP contribution in [0.5, 0.6) is 0 Å². The molecule has 38 heavy (non-hydrogen) atoms. The Morgan fingerprint density at radius 1 is 1.21 bits per heavy atom. The van der Waals surface area contributed by atoms with Crippen molar-refractivity contribution in [3.05, 3.63) is 78.0 Å². The number of aliphatic hydroxyl groups is 1. The van der Waals surface area contributed by atoms with Gasteiger partial charge in [0, 0.05) is 37.2 Å². The fraction of sp³-hybridized carbons (Fsp3) is 0.333. The molecule has 1 aromatic carbocycles. The lowest BCUT2D eigenvalue weighted by atomic mass is 10.1. The van der Waals surface area contributed by atoms with Crippen LogP contribution in [0.3, 0.4) is 0 Å². The van der Waals surface area contributed by atoms with Gasteiger partial charge in [-0.1, -0.05) is 17.0 Å². The summed E-state index contributed by atoms with van der Waals surface area (Å²) in [7, 11) is 0. The van der Waals surface area contributed by atoms with Gasteiger partial charge in [0.05, 0.1) is 38.0 Å². The number of rotatable bonds is 8. The average molecular weight is 518 g/mol. The van der Waals surface area contributed by atoms with Crippen molar-refractivity contribution in [2.45, 2.75) is 19.4 Å². The summed E-state index contributed by atoms with van der Waals surface area (Å²) < 4.78 is 5.33. The molecule has 3 aliphatic heterocycles. The molecule has 3 aliphatic rings. The number of nitrogens with zero attached hydrogens (tertiary/aromatic N) is 5. The van der Waals surface area contributed by atoms with Gasteiger partial charge in [0.1, 0.15) is 11.5 Å². The minimum atomic E-state index is -0.288. The number of nitrogens with one attached hydrogen (secondary N) is 2. The number of pyridine rings is 1. The highest BCUT2D eigenvalue weighted by atomic mass is 16.5. The zero-order chi connectivity index (χ0) is 26.5. The highest BCUT2D eigenvalue weighted by Crippen LogP contribution is 2.25. The number of fused-ring (bicyclic) bond motifs is 1. The molecular weight excluding hydrogens is 486 g/mol. The van der Waals surface area contributed by atoms with Crippen LogP contribution in [0.4, 0.5) is 11.5 Å². The SMILES string of the molecule is C[C@H](CO)NC(=O)Cc1cccc(N2C=C(Nc3ccc(C(=O)N4CCOCC4)cn3)C3=NC=C[N+]3C2)c1. The minimum absolute atomic E-state index is 0.0506. The molecule has 11 heteroatoms. The first-order chi connectivity index (χ1) is 18.5. The molecule has 1 atom stereocenters. The molecule has 2 amide bonds. The van der Waals surface area contributed by atoms with Crippen molar-refractivity contribution < 1.29 is 19.4 Å². The predicted octanol–water partition coefficient (Wildman–Crippen LogP) is 1.35. The summed E-state index contributed by atoms with van der Waals surface area (Å²) in [6.45, 7) is 4.47. The van der Waals surface area contributed by atoms with Crippen molar-refractivity contribution in [1.82, 2.24) is 20.1 Å². The third-order valence-electron chi connectivity index (χ3n) is 6.41. The third kappa shape index (κ3) is 5.91. The Kier molecular flexibility index (Phi) is 7.78. The number of anilines is 2. The maximum Gasteiger partial charge on any atom is 0.308 e. The van der Waals surface area contributed by atoms with Crippen LogP contribution in [0, 0.1) is 0 Å². The molecule has 5 rings (SSSR count). The quantitative estimate of drug-likeness (QED) is 0.452. The van der Waals surface area contributed by atoms with E-state index in [4.69, 9.17) is 4.74 Å². The normalized spacial score (nSPS) is 17.9. The second-order valence-corrected chi connectivity index (χ2v) is 9.33. The summed E-state index contributed by atoms with van der Waals surface area (Å²) in [5.74, 6) is 1.17. The number of carbonyl (C=O) groups is 2. The molecule has 0 aliphatic carbocycles. The molecule has 0 bridgehead atoms. The summed E-state index contributed by atoms with van der Waals surface area (Å²) in [6.07, 6.45) is 7.41. The van der Waals surface area contributed by atoms with Crippen molar-refractivity contribution in [2.75, 3.05) is 49.8 Å². The van der Waals surface area contributed by atoms with E-state index in [0.29, 0.717) is 44.4 Å². The second kappa shape index (κ2) is 11.5. The molecule has 1 saturated heterocycles. The van der Waals surface area contributed by atoms with Crippen LogP contribution in [0.15, 0.2) is 71.9 Å². The number of amides is 2. The van der Waals surface area contributed by atoms with Gasteiger partial charge in [-0.05, 0) is 36.8 Å². The van der Waals surface area contributed by atoms with E-state index in [1.54, 1.807) is 36.4 Å². The first-order valence-electron chi connectivity index (χ1n) is 12.6. The Morgan fingerprint density at radius 2 is 2.05 bits per heavy atom. The van der Waals surface area contributed by atoms with Crippen LogP contribution < -0.4 is 20.4 Å². The maximum absolute atomic E-state index is 12.7. The van der Waals surface area contributed by atoms with Crippen molar-refractivity contribution in [1.29, 1.82) is 0 Å². The van der Waals surface area contributed by atoms with E-state index in [-0.39, 0.29) is 30.9 Å². The number of aliphatic imine (C=N–C) groups is 1. The van der Waals surface area contributed by atoms with E-state index in [9.17, 15) is 14.7 Å². The van der Waals surface area contributed by atoms with Crippen LogP contribution in [-0.2, 0) is 16.0 Å². The van der Waals surface area contributed by atoms with Gasteiger partial charge >= 0.3 is 5.84 Å². The number of aromatic nitrogens is 1. The third-order valence-corrected chi connectivity index (χ3v) is 6.41. The van der Waals surface area contributed by atoms with Crippen LogP contribution in [0.2, 0.25) is 0 Å². The molecule has 1 fully saturated rings.